The third-order valence-electron chi connectivity index (χ3n) is 3.74. The lowest BCUT2D eigenvalue weighted by Gasteiger charge is -2.41. The Kier molecular flexibility index (Phi) is 4.18. The van der Waals surface area contributed by atoms with E-state index in [9.17, 15) is 0 Å². The molecule has 1 aliphatic heterocycles. The van der Waals surface area contributed by atoms with E-state index >= 15 is 0 Å². The van der Waals surface area contributed by atoms with E-state index in [1.165, 1.54) is 5.56 Å². The highest BCUT2D eigenvalue weighted by Crippen LogP contribution is 2.33. The molecule has 1 fully saturated rings. The molecule has 1 aliphatic rings. The molecule has 100 valence electrons. The maximum atomic E-state index is 6.37. The highest BCUT2D eigenvalue weighted by molar-refractivity contribution is 6.21. The van der Waals surface area contributed by atoms with Crippen molar-refractivity contribution < 1.29 is 4.74 Å². The molecule has 1 saturated heterocycles. The summed E-state index contributed by atoms with van der Waals surface area (Å²) in [6, 6.07) is 8.32. The summed E-state index contributed by atoms with van der Waals surface area (Å²) in [5, 5.41) is 0.296. The molecule has 1 aromatic carbocycles. The predicted octanol–water partition coefficient (Wildman–Crippen LogP) is 3.53. The van der Waals surface area contributed by atoms with E-state index < -0.39 is 0 Å². The summed E-state index contributed by atoms with van der Waals surface area (Å²) in [4.78, 5) is 2.49. The molecule has 2 rings (SSSR count). The van der Waals surface area contributed by atoms with E-state index in [1.807, 2.05) is 12.1 Å². The molecule has 3 heteroatoms. The molecule has 0 N–H and O–H groups in total. The number of rotatable bonds is 3. The van der Waals surface area contributed by atoms with Gasteiger partial charge in [-0.05, 0) is 36.1 Å². The average Bonchev–Trinajstić information content (AvgIpc) is 2.34. The first-order chi connectivity index (χ1) is 8.51. The van der Waals surface area contributed by atoms with E-state index in [-0.39, 0.29) is 5.41 Å². The fraction of sp³-hybridized carbons (Fsp3) is 0.600. The predicted molar refractivity (Wildman–Crippen MR) is 76.3 cm³/mol. The van der Waals surface area contributed by atoms with Gasteiger partial charge in [0.1, 0.15) is 5.75 Å². The lowest BCUT2D eigenvalue weighted by Crippen LogP contribution is -2.45. The normalized spacial score (nSPS) is 23.9. The van der Waals surface area contributed by atoms with E-state index in [0.29, 0.717) is 5.38 Å². The Morgan fingerprint density at radius 3 is 2.56 bits per heavy atom. The number of methoxy groups -OCH3 is 1. The maximum Gasteiger partial charge on any atom is 0.118 e. The number of hydrogen-bond acceptors (Lipinski definition) is 2. The number of likely N-dealkylation sites (tertiary alicyclic amines) is 1. The molecular weight excluding hydrogens is 246 g/mol. The number of alkyl halides is 1. The van der Waals surface area contributed by atoms with Crippen LogP contribution in [-0.4, -0.2) is 30.5 Å². The van der Waals surface area contributed by atoms with E-state index in [1.54, 1.807) is 7.11 Å². The molecule has 1 atom stereocenters. The van der Waals surface area contributed by atoms with Crippen molar-refractivity contribution in [3.63, 3.8) is 0 Å². The number of benzene rings is 1. The van der Waals surface area contributed by atoms with E-state index in [2.05, 4.69) is 30.9 Å². The van der Waals surface area contributed by atoms with Crippen LogP contribution in [0.5, 0.6) is 5.75 Å². The first kappa shape index (κ1) is 13.7. The van der Waals surface area contributed by atoms with Crippen LogP contribution in [0.3, 0.4) is 0 Å². The Hall–Kier alpha value is -0.730. The minimum atomic E-state index is 0.201. The number of hydrogen-bond donors (Lipinski definition) is 0. The highest BCUT2D eigenvalue weighted by Gasteiger charge is 2.34. The minimum Gasteiger partial charge on any atom is -0.497 e. The molecule has 18 heavy (non-hydrogen) atoms. The SMILES string of the molecule is COc1ccc(CN2CCC(Cl)C(C)(C)C2)cc1. The lowest BCUT2D eigenvalue weighted by molar-refractivity contribution is 0.116. The van der Waals surface area contributed by atoms with Crippen LogP contribution in [0.15, 0.2) is 24.3 Å². The Morgan fingerprint density at radius 2 is 2.00 bits per heavy atom. The summed E-state index contributed by atoms with van der Waals surface area (Å²) in [6.07, 6.45) is 1.07. The van der Waals surface area contributed by atoms with Crippen molar-refractivity contribution in [2.45, 2.75) is 32.2 Å². The van der Waals surface area contributed by atoms with Crippen molar-refractivity contribution in [1.82, 2.24) is 4.90 Å². The van der Waals surface area contributed by atoms with E-state index in [4.69, 9.17) is 16.3 Å². The topological polar surface area (TPSA) is 12.5 Å². The fourth-order valence-electron chi connectivity index (χ4n) is 2.57. The zero-order valence-corrected chi connectivity index (χ0v) is 12.2. The molecule has 0 saturated carbocycles. The molecule has 1 unspecified atom stereocenters. The van der Waals surface area contributed by atoms with Crippen molar-refractivity contribution >= 4 is 11.6 Å². The Labute approximate surface area is 115 Å². The Morgan fingerprint density at radius 1 is 1.33 bits per heavy atom. The molecule has 0 amide bonds. The molecule has 0 radical (unpaired) electrons. The lowest BCUT2D eigenvalue weighted by atomic mass is 9.83. The Balaban J connectivity index is 1.97. The molecule has 0 aliphatic carbocycles. The van der Waals surface area contributed by atoms with Gasteiger partial charge in [0.2, 0.25) is 0 Å². The van der Waals surface area contributed by atoms with Crippen molar-refractivity contribution in [3.8, 4) is 5.75 Å². The first-order valence-corrected chi connectivity index (χ1v) is 6.94. The number of nitrogens with zero attached hydrogens (tertiary/aromatic N) is 1. The molecule has 0 aromatic heterocycles. The van der Waals surface area contributed by atoms with Gasteiger partial charge in [0.15, 0.2) is 0 Å². The van der Waals surface area contributed by atoms with Gasteiger partial charge in [-0.3, -0.25) is 4.90 Å². The van der Waals surface area contributed by atoms with Gasteiger partial charge >= 0.3 is 0 Å². The second-order valence-electron chi connectivity index (χ2n) is 5.80. The molecule has 1 aromatic rings. The largest absolute Gasteiger partial charge is 0.497 e. The average molecular weight is 268 g/mol. The highest BCUT2D eigenvalue weighted by atomic mass is 35.5. The second kappa shape index (κ2) is 5.50. The van der Waals surface area contributed by atoms with Crippen LogP contribution in [0.25, 0.3) is 0 Å². The second-order valence-corrected chi connectivity index (χ2v) is 6.33. The number of ether oxygens (including phenoxy) is 1. The summed E-state index contributed by atoms with van der Waals surface area (Å²) < 4.78 is 5.18. The summed E-state index contributed by atoms with van der Waals surface area (Å²) in [6.45, 7) is 7.66. The van der Waals surface area contributed by atoms with Crippen LogP contribution >= 0.6 is 11.6 Å². The third kappa shape index (κ3) is 3.18. The van der Waals surface area contributed by atoms with Gasteiger partial charge in [-0.2, -0.15) is 0 Å². The number of halogens is 1. The summed E-state index contributed by atoms with van der Waals surface area (Å²) in [5.74, 6) is 0.915. The summed E-state index contributed by atoms with van der Waals surface area (Å²) in [5.41, 5.74) is 1.53. The maximum absolute atomic E-state index is 6.37. The Bertz CT molecular complexity index is 388. The van der Waals surface area contributed by atoms with Crippen LogP contribution in [-0.2, 0) is 6.54 Å². The van der Waals surface area contributed by atoms with Gasteiger partial charge in [-0.15, -0.1) is 11.6 Å². The molecule has 0 spiro atoms. The quantitative estimate of drug-likeness (QED) is 0.777. The smallest absolute Gasteiger partial charge is 0.118 e. The van der Waals surface area contributed by atoms with Crippen LogP contribution in [0.2, 0.25) is 0 Å². The van der Waals surface area contributed by atoms with Gasteiger partial charge in [0.05, 0.1) is 7.11 Å². The standard InChI is InChI=1S/C15H22ClNO/c1-15(2)11-17(9-8-14(15)16)10-12-4-6-13(18-3)7-5-12/h4-7,14H,8-11H2,1-3H3. The van der Waals surface area contributed by atoms with Gasteiger partial charge < -0.3 is 4.74 Å². The minimum absolute atomic E-state index is 0.201. The van der Waals surface area contributed by atoms with Crippen LogP contribution < -0.4 is 4.74 Å². The molecule has 2 nitrogen and oxygen atoms in total. The van der Waals surface area contributed by atoms with Gasteiger partial charge in [-0.1, -0.05) is 26.0 Å². The van der Waals surface area contributed by atoms with Crippen molar-refractivity contribution in [2.24, 2.45) is 5.41 Å². The summed E-state index contributed by atoms with van der Waals surface area (Å²) in [7, 11) is 1.70. The zero-order chi connectivity index (χ0) is 13.2. The first-order valence-electron chi connectivity index (χ1n) is 6.50. The van der Waals surface area contributed by atoms with Gasteiger partial charge in [0, 0.05) is 18.5 Å². The van der Waals surface area contributed by atoms with Crippen molar-refractivity contribution in [3.05, 3.63) is 29.8 Å². The third-order valence-corrected chi connectivity index (χ3v) is 4.55. The zero-order valence-electron chi connectivity index (χ0n) is 11.4. The van der Waals surface area contributed by atoms with Crippen LogP contribution in [0.1, 0.15) is 25.8 Å². The van der Waals surface area contributed by atoms with Crippen molar-refractivity contribution in [1.29, 1.82) is 0 Å². The van der Waals surface area contributed by atoms with Crippen LogP contribution in [0.4, 0.5) is 0 Å². The van der Waals surface area contributed by atoms with Gasteiger partial charge in [0.25, 0.3) is 0 Å². The summed E-state index contributed by atoms with van der Waals surface area (Å²) >= 11 is 6.37. The molecule has 0 bridgehead atoms. The monoisotopic (exact) mass is 267 g/mol. The number of piperidine rings is 1. The fourth-order valence-corrected chi connectivity index (χ4v) is 2.73. The van der Waals surface area contributed by atoms with Crippen LogP contribution in [0, 0.1) is 5.41 Å². The van der Waals surface area contributed by atoms with Crippen molar-refractivity contribution in [2.75, 3.05) is 20.2 Å². The van der Waals surface area contributed by atoms with E-state index in [0.717, 1.165) is 31.8 Å². The molecular formula is C15H22ClNO. The molecule has 1 heterocycles. The van der Waals surface area contributed by atoms with Gasteiger partial charge in [-0.25, -0.2) is 0 Å².